The number of hydrogen-bond acceptors (Lipinski definition) is 4. The number of nitrogens with zero attached hydrogens (tertiary/aromatic N) is 1. The number of rotatable bonds is 5. The zero-order chi connectivity index (χ0) is 15.4. The molecule has 0 aliphatic rings. The summed E-state index contributed by atoms with van der Waals surface area (Å²) in [6.07, 6.45) is 0. The van der Waals surface area contributed by atoms with Crippen molar-refractivity contribution >= 4 is 35.0 Å². The smallest absolute Gasteiger partial charge is 0.234 e. The van der Waals surface area contributed by atoms with E-state index in [1.807, 2.05) is 13.8 Å². The van der Waals surface area contributed by atoms with Gasteiger partial charge in [-0.15, -0.1) is 11.8 Å². The van der Waals surface area contributed by atoms with Crippen LogP contribution in [0.3, 0.4) is 0 Å². The molecule has 0 aliphatic carbocycles. The van der Waals surface area contributed by atoms with Gasteiger partial charge in [0.15, 0.2) is 0 Å². The fraction of sp³-hybridized carbons (Fsp3) is 0.286. The van der Waals surface area contributed by atoms with Crippen LogP contribution >= 0.6 is 23.4 Å². The second kappa shape index (κ2) is 6.95. The van der Waals surface area contributed by atoms with Crippen molar-refractivity contribution in [3.8, 4) is 0 Å². The minimum absolute atomic E-state index is 0.180. The molecule has 21 heavy (non-hydrogen) atoms. The van der Waals surface area contributed by atoms with Gasteiger partial charge in [0.05, 0.1) is 22.2 Å². The second-order valence-corrected chi connectivity index (χ2v) is 5.86. The van der Waals surface area contributed by atoms with E-state index < -0.39 is 5.82 Å². The van der Waals surface area contributed by atoms with Gasteiger partial charge in [-0.3, -0.25) is 4.79 Å². The number of benzene rings is 1. The van der Waals surface area contributed by atoms with E-state index >= 15 is 0 Å². The summed E-state index contributed by atoms with van der Waals surface area (Å²) in [5.74, 6) is 1.04. The lowest BCUT2D eigenvalue weighted by atomic mass is 10.2. The molecule has 1 aromatic carbocycles. The number of thioether (sulfide) groups is 1. The number of hydrogen-bond donors (Lipinski definition) is 1. The molecule has 0 atom stereocenters. The number of carbonyl (C=O) groups is 1. The Morgan fingerprint density at radius 3 is 2.86 bits per heavy atom. The molecule has 1 N–H and O–H groups in total. The van der Waals surface area contributed by atoms with Crippen LogP contribution in [0.15, 0.2) is 22.7 Å². The summed E-state index contributed by atoms with van der Waals surface area (Å²) in [7, 11) is 0. The van der Waals surface area contributed by atoms with E-state index in [0.29, 0.717) is 11.4 Å². The first kappa shape index (κ1) is 15.9. The van der Waals surface area contributed by atoms with E-state index in [2.05, 4.69) is 10.5 Å². The highest BCUT2D eigenvalue weighted by atomic mass is 35.5. The number of carbonyl (C=O) groups excluding carboxylic acids is 1. The lowest BCUT2D eigenvalue weighted by Crippen LogP contribution is -2.14. The Hall–Kier alpha value is -1.53. The molecule has 4 nitrogen and oxygen atoms in total. The van der Waals surface area contributed by atoms with Crippen LogP contribution in [0, 0.1) is 19.7 Å². The minimum Gasteiger partial charge on any atom is -0.361 e. The van der Waals surface area contributed by atoms with E-state index in [0.717, 1.165) is 23.1 Å². The molecule has 0 radical (unpaired) electrons. The Bertz CT molecular complexity index is 641. The fourth-order valence-corrected chi connectivity index (χ4v) is 2.92. The van der Waals surface area contributed by atoms with Crippen LogP contribution in [-0.4, -0.2) is 16.8 Å². The number of aryl methyl sites for hydroxylation is 2. The fourth-order valence-electron chi connectivity index (χ4n) is 1.73. The largest absolute Gasteiger partial charge is 0.361 e. The monoisotopic (exact) mass is 328 g/mol. The number of aromatic nitrogens is 1. The zero-order valence-corrected chi connectivity index (χ0v) is 13.1. The molecule has 7 heteroatoms. The van der Waals surface area contributed by atoms with Gasteiger partial charge in [-0.05, 0) is 32.0 Å². The minimum atomic E-state index is -0.439. The van der Waals surface area contributed by atoms with Gasteiger partial charge < -0.3 is 9.84 Å². The molecule has 0 aliphatic heterocycles. The average Bonchev–Trinajstić information content (AvgIpc) is 2.74. The van der Waals surface area contributed by atoms with E-state index in [-0.39, 0.29) is 16.7 Å². The topological polar surface area (TPSA) is 55.1 Å². The summed E-state index contributed by atoms with van der Waals surface area (Å²) < 4.78 is 18.0. The van der Waals surface area contributed by atoms with Crippen LogP contribution in [0.5, 0.6) is 0 Å². The Balaban J connectivity index is 1.85. The molecule has 2 aromatic rings. The maximum absolute atomic E-state index is 12.9. The van der Waals surface area contributed by atoms with Crippen LogP contribution in [0.25, 0.3) is 0 Å². The Kier molecular flexibility index (Phi) is 5.25. The summed E-state index contributed by atoms with van der Waals surface area (Å²) in [4.78, 5) is 11.8. The molecule has 2 rings (SSSR count). The van der Waals surface area contributed by atoms with Crippen molar-refractivity contribution in [2.75, 3.05) is 11.1 Å². The van der Waals surface area contributed by atoms with E-state index in [4.69, 9.17) is 16.1 Å². The quantitative estimate of drug-likeness (QED) is 0.902. The first-order valence-electron chi connectivity index (χ1n) is 6.21. The van der Waals surface area contributed by atoms with Crippen LogP contribution in [0.4, 0.5) is 10.1 Å². The maximum atomic E-state index is 12.9. The van der Waals surface area contributed by atoms with Gasteiger partial charge in [0.1, 0.15) is 11.6 Å². The first-order chi connectivity index (χ1) is 9.97. The van der Waals surface area contributed by atoms with Gasteiger partial charge in [-0.1, -0.05) is 16.8 Å². The van der Waals surface area contributed by atoms with Crippen molar-refractivity contribution in [1.29, 1.82) is 0 Å². The highest BCUT2D eigenvalue weighted by Crippen LogP contribution is 2.23. The molecule has 0 bridgehead atoms. The molecule has 0 unspecified atom stereocenters. The number of amides is 1. The predicted molar refractivity (Wildman–Crippen MR) is 82.2 cm³/mol. The molecule has 1 heterocycles. The second-order valence-electron chi connectivity index (χ2n) is 4.47. The molecule has 0 saturated heterocycles. The predicted octanol–water partition coefficient (Wildman–Crippen LogP) is 3.96. The highest BCUT2D eigenvalue weighted by molar-refractivity contribution is 7.99. The average molecular weight is 329 g/mol. The Labute approximate surface area is 131 Å². The SMILES string of the molecule is Cc1noc(C)c1CSCC(=O)Nc1ccc(F)cc1Cl. The molecule has 0 fully saturated rings. The number of nitrogens with one attached hydrogen (secondary N) is 1. The van der Waals surface area contributed by atoms with E-state index in [1.54, 1.807) is 0 Å². The summed E-state index contributed by atoms with van der Waals surface area (Å²) >= 11 is 7.29. The summed E-state index contributed by atoms with van der Waals surface area (Å²) in [5, 5.41) is 6.69. The van der Waals surface area contributed by atoms with E-state index in [1.165, 1.54) is 23.9 Å². The summed E-state index contributed by atoms with van der Waals surface area (Å²) in [6.45, 7) is 3.71. The van der Waals surface area contributed by atoms with Crippen LogP contribution in [-0.2, 0) is 10.5 Å². The van der Waals surface area contributed by atoms with Crippen LogP contribution in [0.2, 0.25) is 5.02 Å². The van der Waals surface area contributed by atoms with Crippen LogP contribution in [0.1, 0.15) is 17.0 Å². The Morgan fingerprint density at radius 1 is 1.48 bits per heavy atom. The normalized spacial score (nSPS) is 10.7. The number of halogens is 2. The van der Waals surface area contributed by atoms with Crippen molar-refractivity contribution in [3.63, 3.8) is 0 Å². The van der Waals surface area contributed by atoms with Crippen molar-refractivity contribution < 1.29 is 13.7 Å². The van der Waals surface area contributed by atoms with Crippen molar-refractivity contribution in [1.82, 2.24) is 5.16 Å². The van der Waals surface area contributed by atoms with Gasteiger partial charge in [0.25, 0.3) is 0 Å². The van der Waals surface area contributed by atoms with Crippen molar-refractivity contribution in [2.24, 2.45) is 0 Å². The van der Waals surface area contributed by atoms with Gasteiger partial charge in [-0.25, -0.2) is 4.39 Å². The molecule has 0 spiro atoms. The summed E-state index contributed by atoms with van der Waals surface area (Å²) in [5.41, 5.74) is 2.25. The third-order valence-electron chi connectivity index (χ3n) is 2.87. The standard InChI is InChI=1S/C14H14ClFN2O2S/c1-8-11(9(2)20-18-8)6-21-7-14(19)17-13-4-3-10(16)5-12(13)15/h3-5H,6-7H2,1-2H3,(H,17,19). The lowest BCUT2D eigenvalue weighted by Gasteiger charge is -2.07. The lowest BCUT2D eigenvalue weighted by molar-refractivity contribution is -0.113. The zero-order valence-electron chi connectivity index (χ0n) is 11.6. The molecule has 1 amide bonds. The third kappa shape index (κ3) is 4.22. The van der Waals surface area contributed by atoms with Gasteiger partial charge in [0.2, 0.25) is 5.91 Å². The summed E-state index contributed by atoms with van der Waals surface area (Å²) in [6, 6.07) is 3.85. The van der Waals surface area contributed by atoms with Gasteiger partial charge in [0, 0.05) is 11.3 Å². The maximum Gasteiger partial charge on any atom is 0.234 e. The Morgan fingerprint density at radius 2 is 2.24 bits per heavy atom. The van der Waals surface area contributed by atoms with Crippen LogP contribution < -0.4 is 5.32 Å². The first-order valence-corrected chi connectivity index (χ1v) is 7.75. The van der Waals surface area contributed by atoms with Gasteiger partial charge in [-0.2, -0.15) is 0 Å². The molecule has 1 aromatic heterocycles. The number of anilines is 1. The highest BCUT2D eigenvalue weighted by Gasteiger charge is 2.11. The van der Waals surface area contributed by atoms with Crippen molar-refractivity contribution in [3.05, 3.63) is 46.1 Å². The molecular weight excluding hydrogens is 315 g/mol. The van der Waals surface area contributed by atoms with Crippen molar-refractivity contribution in [2.45, 2.75) is 19.6 Å². The van der Waals surface area contributed by atoms with E-state index in [9.17, 15) is 9.18 Å². The molecular formula is C14H14ClFN2O2S. The van der Waals surface area contributed by atoms with Gasteiger partial charge >= 0.3 is 0 Å². The molecule has 112 valence electrons. The molecule has 0 saturated carbocycles. The third-order valence-corrected chi connectivity index (χ3v) is 4.14.